The lowest BCUT2D eigenvalue weighted by molar-refractivity contribution is -0.140. The number of methoxy groups -OCH3 is 4. The first-order valence-corrected chi connectivity index (χ1v) is 6.19. The minimum absolute atomic E-state index is 0.0785. The Morgan fingerprint density at radius 1 is 1.10 bits per heavy atom. The van der Waals surface area contributed by atoms with Gasteiger partial charge in [-0.25, -0.2) is 0 Å². The molecule has 1 atom stereocenters. The molecule has 0 spiro atoms. The molecule has 0 aliphatic rings. The number of carbonyl (C=O) groups excluding carboxylic acids is 1. The van der Waals surface area contributed by atoms with Gasteiger partial charge in [0.15, 0.2) is 11.5 Å². The molecular formula is C14H21NO5. The molecule has 6 nitrogen and oxygen atoms in total. The summed E-state index contributed by atoms with van der Waals surface area (Å²) in [6.45, 7) is 1.89. The zero-order valence-corrected chi connectivity index (χ0v) is 12.5. The largest absolute Gasteiger partial charge is 0.493 e. The number of benzene rings is 1. The fourth-order valence-corrected chi connectivity index (χ4v) is 1.83. The van der Waals surface area contributed by atoms with Crippen LogP contribution in [0.1, 0.15) is 13.3 Å². The number of esters is 1. The zero-order chi connectivity index (χ0) is 15.1. The summed E-state index contributed by atoms with van der Waals surface area (Å²) in [6.07, 6.45) is 0.271. The van der Waals surface area contributed by atoms with E-state index < -0.39 is 0 Å². The molecule has 112 valence electrons. The monoisotopic (exact) mass is 283 g/mol. The maximum atomic E-state index is 11.2. The van der Waals surface area contributed by atoms with E-state index in [2.05, 4.69) is 10.1 Å². The van der Waals surface area contributed by atoms with E-state index in [0.29, 0.717) is 17.2 Å². The van der Waals surface area contributed by atoms with Gasteiger partial charge in [-0.15, -0.1) is 0 Å². The Kier molecular flexibility index (Phi) is 5.96. The summed E-state index contributed by atoms with van der Waals surface area (Å²) in [4.78, 5) is 11.2. The quantitative estimate of drug-likeness (QED) is 0.773. The molecule has 0 heterocycles. The molecule has 0 radical (unpaired) electrons. The Morgan fingerprint density at radius 2 is 1.65 bits per heavy atom. The summed E-state index contributed by atoms with van der Waals surface area (Å²) < 4.78 is 20.4. The van der Waals surface area contributed by atoms with Crippen LogP contribution in [0, 0.1) is 0 Å². The van der Waals surface area contributed by atoms with E-state index in [1.54, 1.807) is 33.5 Å². The third-order valence-electron chi connectivity index (χ3n) is 2.78. The van der Waals surface area contributed by atoms with E-state index >= 15 is 0 Å². The Hall–Kier alpha value is -2.11. The average molecular weight is 283 g/mol. The van der Waals surface area contributed by atoms with Crippen LogP contribution < -0.4 is 19.5 Å². The molecule has 1 N–H and O–H groups in total. The first-order valence-electron chi connectivity index (χ1n) is 6.19. The van der Waals surface area contributed by atoms with Gasteiger partial charge in [-0.2, -0.15) is 0 Å². The second-order valence-corrected chi connectivity index (χ2v) is 4.24. The molecule has 6 heteroatoms. The highest BCUT2D eigenvalue weighted by Crippen LogP contribution is 2.40. The SMILES string of the molecule is COC(=O)CC(C)Nc1cc(OC)c(OC)c(OC)c1. The van der Waals surface area contributed by atoms with E-state index in [0.717, 1.165) is 5.69 Å². The lowest BCUT2D eigenvalue weighted by Crippen LogP contribution is -2.20. The second kappa shape index (κ2) is 7.47. The molecule has 0 bridgehead atoms. The fraction of sp³-hybridized carbons (Fsp3) is 0.500. The molecule has 0 fully saturated rings. The van der Waals surface area contributed by atoms with Crippen LogP contribution in [0.4, 0.5) is 5.69 Å². The van der Waals surface area contributed by atoms with Crippen molar-refractivity contribution < 1.29 is 23.7 Å². The Labute approximate surface area is 119 Å². The van der Waals surface area contributed by atoms with Gasteiger partial charge in [0, 0.05) is 23.9 Å². The van der Waals surface area contributed by atoms with Gasteiger partial charge >= 0.3 is 5.97 Å². The third kappa shape index (κ3) is 3.94. The van der Waals surface area contributed by atoms with Gasteiger partial charge in [0.25, 0.3) is 0 Å². The first-order chi connectivity index (χ1) is 9.55. The number of rotatable bonds is 7. The van der Waals surface area contributed by atoms with E-state index in [1.807, 2.05) is 6.92 Å². The van der Waals surface area contributed by atoms with Crippen molar-refractivity contribution in [3.05, 3.63) is 12.1 Å². The van der Waals surface area contributed by atoms with Crippen LogP contribution >= 0.6 is 0 Å². The van der Waals surface area contributed by atoms with Gasteiger partial charge in [0.05, 0.1) is 34.9 Å². The summed E-state index contributed by atoms with van der Waals surface area (Å²) in [6, 6.07) is 3.50. The molecule has 1 aromatic carbocycles. The second-order valence-electron chi connectivity index (χ2n) is 4.24. The van der Waals surface area contributed by atoms with Gasteiger partial charge < -0.3 is 24.3 Å². The molecule has 0 saturated heterocycles. The Morgan fingerprint density at radius 3 is 2.05 bits per heavy atom. The lowest BCUT2D eigenvalue weighted by atomic mass is 10.2. The summed E-state index contributed by atoms with van der Waals surface area (Å²) in [5, 5.41) is 3.19. The van der Waals surface area contributed by atoms with Crippen LogP contribution in [0.25, 0.3) is 0 Å². The zero-order valence-electron chi connectivity index (χ0n) is 12.5. The van der Waals surface area contributed by atoms with Crippen LogP contribution in [-0.4, -0.2) is 40.5 Å². The van der Waals surface area contributed by atoms with Gasteiger partial charge in [-0.3, -0.25) is 4.79 Å². The molecule has 0 amide bonds. The lowest BCUT2D eigenvalue weighted by Gasteiger charge is -2.18. The number of anilines is 1. The van der Waals surface area contributed by atoms with Crippen molar-refractivity contribution in [2.75, 3.05) is 33.8 Å². The van der Waals surface area contributed by atoms with E-state index in [4.69, 9.17) is 14.2 Å². The maximum absolute atomic E-state index is 11.2. The summed E-state index contributed by atoms with van der Waals surface area (Å²) >= 11 is 0. The molecule has 0 aromatic heterocycles. The minimum atomic E-state index is -0.266. The van der Waals surface area contributed by atoms with Gasteiger partial charge in [-0.05, 0) is 6.92 Å². The average Bonchev–Trinajstić information content (AvgIpc) is 2.45. The fourth-order valence-electron chi connectivity index (χ4n) is 1.83. The predicted molar refractivity (Wildman–Crippen MR) is 75.8 cm³/mol. The summed E-state index contributed by atoms with van der Waals surface area (Å²) in [5.41, 5.74) is 0.774. The molecule has 1 rings (SSSR count). The van der Waals surface area contributed by atoms with Crippen molar-refractivity contribution in [2.45, 2.75) is 19.4 Å². The third-order valence-corrected chi connectivity index (χ3v) is 2.78. The van der Waals surface area contributed by atoms with Crippen molar-refractivity contribution in [3.63, 3.8) is 0 Å². The standard InChI is InChI=1S/C14H21NO5/c1-9(6-13(16)19-4)15-10-7-11(17-2)14(20-5)12(8-10)18-3/h7-9,15H,6H2,1-5H3. The highest BCUT2D eigenvalue weighted by molar-refractivity contribution is 5.71. The van der Waals surface area contributed by atoms with Crippen LogP contribution in [0.3, 0.4) is 0 Å². The first kappa shape index (κ1) is 15.9. The van der Waals surface area contributed by atoms with E-state index in [9.17, 15) is 4.79 Å². The number of carbonyl (C=O) groups is 1. The van der Waals surface area contributed by atoms with E-state index in [1.165, 1.54) is 7.11 Å². The number of hydrogen-bond acceptors (Lipinski definition) is 6. The van der Waals surface area contributed by atoms with Crippen LogP contribution in [-0.2, 0) is 9.53 Å². The van der Waals surface area contributed by atoms with E-state index in [-0.39, 0.29) is 18.4 Å². The van der Waals surface area contributed by atoms with Crippen molar-refractivity contribution in [1.82, 2.24) is 0 Å². The number of ether oxygens (including phenoxy) is 4. The smallest absolute Gasteiger partial charge is 0.307 e. The molecule has 0 aliphatic heterocycles. The summed E-state index contributed by atoms with van der Waals surface area (Å²) in [7, 11) is 6.03. The molecular weight excluding hydrogens is 262 g/mol. The topological polar surface area (TPSA) is 66.0 Å². The Balaban J connectivity index is 2.93. The highest BCUT2D eigenvalue weighted by atomic mass is 16.5. The molecule has 1 aromatic rings. The molecule has 20 heavy (non-hydrogen) atoms. The van der Waals surface area contributed by atoms with Crippen molar-refractivity contribution in [1.29, 1.82) is 0 Å². The van der Waals surface area contributed by atoms with Gasteiger partial charge in [0.2, 0.25) is 5.75 Å². The Bertz CT molecular complexity index is 436. The molecule has 1 unspecified atom stereocenters. The van der Waals surface area contributed by atoms with Crippen molar-refractivity contribution in [2.24, 2.45) is 0 Å². The van der Waals surface area contributed by atoms with Crippen LogP contribution in [0.15, 0.2) is 12.1 Å². The normalized spacial score (nSPS) is 11.4. The van der Waals surface area contributed by atoms with Crippen molar-refractivity contribution in [3.8, 4) is 17.2 Å². The van der Waals surface area contributed by atoms with Crippen LogP contribution in [0.5, 0.6) is 17.2 Å². The van der Waals surface area contributed by atoms with Crippen molar-refractivity contribution >= 4 is 11.7 Å². The number of hydrogen-bond donors (Lipinski definition) is 1. The molecule has 0 aliphatic carbocycles. The number of nitrogens with one attached hydrogen (secondary N) is 1. The molecule has 0 saturated carbocycles. The van der Waals surface area contributed by atoms with Gasteiger partial charge in [-0.1, -0.05) is 0 Å². The maximum Gasteiger partial charge on any atom is 0.307 e. The minimum Gasteiger partial charge on any atom is -0.493 e. The summed E-state index contributed by atoms with van der Waals surface area (Å²) in [5.74, 6) is 1.37. The highest BCUT2D eigenvalue weighted by Gasteiger charge is 2.15. The van der Waals surface area contributed by atoms with Crippen LogP contribution in [0.2, 0.25) is 0 Å². The predicted octanol–water partition coefficient (Wildman–Crippen LogP) is 2.08. The van der Waals surface area contributed by atoms with Gasteiger partial charge in [0.1, 0.15) is 0 Å².